The highest BCUT2D eigenvalue weighted by Crippen LogP contribution is 2.67. The number of aliphatic hydroxyl groups is 2. The molecule has 8 aliphatic heterocycles. The molecule has 14 nitrogen and oxygen atoms in total. The molecule has 4 bridgehead atoms. The number of esters is 2. The number of nitrogens with zero attached hydrogens (tertiary/aromatic N) is 2. The van der Waals surface area contributed by atoms with Gasteiger partial charge in [0, 0.05) is 71.5 Å². The number of piperazine rings is 1. The summed E-state index contributed by atoms with van der Waals surface area (Å²) in [5.74, 6) is 1.07. The fourth-order valence-electron chi connectivity index (χ4n) is 11.6. The van der Waals surface area contributed by atoms with Crippen LogP contribution in [-0.4, -0.2) is 102 Å². The molecule has 3 aromatic rings. The third kappa shape index (κ3) is 4.84. The van der Waals surface area contributed by atoms with Gasteiger partial charge in [0.1, 0.15) is 35.2 Å². The first kappa shape index (κ1) is 37.0. The Balaban J connectivity index is 1.25. The molecule has 0 radical (unpaired) electrons. The highest BCUT2D eigenvalue weighted by Gasteiger charge is 2.69. The van der Waals surface area contributed by atoms with Crippen LogP contribution in [0.1, 0.15) is 66.5 Å². The van der Waals surface area contributed by atoms with Crippen LogP contribution in [0.5, 0.6) is 17.2 Å². The van der Waals surface area contributed by atoms with Gasteiger partial charge in [0.2, 0.25) is 6.79 Å². The van der Waals surface area contributed by atoms with Gasteiger partial charge in [0.25, 0.3) is 0 Å². The minimum atomic E-state index is -1.48. The van der Waals surface area contributed by atoms with Gasteiger partial charge < -0.3 is 44.0 Å². The second kappa shape index (κ2) is 12.6. The van der Waals surface area contributed by atoms with Gasteiger partial charge in [-0.2, -0.15) is 0 Å². The molecule has 1 aromatic heterocycles. The number of thioether (sulfide) groups is 1. The zero-order valence-electron chi connectivity index (χ0n) is 32.8. The fraction of sp³-hybridized carbons (Fsp3) is 0.524. The lowest BCUT2D eigenvalue weighted by molar-refractivity contribution is -0.216. The number of aliphatic hydroxyl groups excluding tert-OH is 1. The van der Waals surface area contributed by atoms with Gasteiger partial charge >= 0.3 is 11.9 Å². The van der Waals surface area contributed by atoms with E-state index in [2.05, 4.69) is 28.1 Å². The van der Waals surface area contributed by atoms with Gasteiger partial charge in [-0.3, -0.25) is 19.9 Å². The van der Waals surface area contributed by atoms with E-state index in [0.717, 1.165) is 16.5 Å². The van der Waals surface area contributed by atoms with Gasteiger partial charge in [-0.25, -0.2) is 4.79 Å². The second-order valence-corrected chi connectivity index (χ2v) is 18.1. The van der Waals surface area contributed by atoms with Crippen molar-refractivity contribution in [2.45, 2.75) is 81.2 Å². The Kier molecular flexibility index (Phi) is 8.21. The van der Waals surface area contributed by atoms with Crippen molar-refractivity contribution in [3.05, 3.63) is 75.4 Å². The van der Waals surface area contributed by atoms with Gasteiger partial charge in [-0.05, 0) is 51.3 Å². The maximum absolute atomic E-state index is 15.0. The van der Waals surface area contributed by atoms with Gasteiger partial charge in [0.05, 0.1) is 23.8 Å². The van der Waals surface area contributed by atoms with Crippen molar-refractivity contribution in [3.63, 3.8) is 0 Å². The molecule has 302 valence electrons. The summed E-state index contributed by atoms with van der Waals surface area (Å²) in [5, 5.41) is 29.7. The Hall–Kier alpha value is -4.25. The summed E-state index contributed by atoms with van der Waals surface area (Å²) in [5.41, 5.74) is 6.81. The number of hydrogen-bond donors (Lipinski definition) is 4. The number of benzene rings is 2. The van der Waals surface area contributed by atoms with Gasteiger partial charge in [-0.1, -0.05) is 31.2 Å². The zero-order valence-corrected chi connectivity index (χ0v) is 33.7. The predicted molar refractivity (Wildman–Crippen MR) is 209 cm³/mol. The lowest BCUT2D eigenvalue weighted by Crippen LogP contribution is -2.73. The van der Waals surface area contributed by atoms with E-state index in [-0.39, 0.29) is 56.4 Å². The monoisotopic (exact) mass is 800 g/mol. The molecule has 0 amide bonds. The number of carbonyl (C=O) groups is 2. The summed E-state index contributed by atoms with van der Waals surface area (Å²) in [4.78, 5) is 32.3. The third-order valence-corrected chi connectivity index (χ3v) is 15.3. The summed E-state index contributed by atoms with van der Waals surface area (Å²) in [6, 6.07) is 5.71. The number of ether oxygens (including phenoxy) is 5. The number of para-hydroxylation sites is 1. The van der Waals surface area contributed by atoms with E-state index >= 15 is 4.79 Å². The number of nitrogens with two attached hydrogens (primary N) is 1. The molecule has 5 unspecified atom stereocenters. The van der Waals surface area contributed by atoms with E-state index in [1.165, 1.54) is 18.7 Å². The standard InChI is InChI=1S/C42H48N4O10S/c1-19-11-22-13-41(50)16-45(5)36(40(22,4)37(48)31(19)51-6)30-35-29-28(34-33(53-18-54-34)20(2)32(29)55-21(3)47)26(46(30)41)15-52-39(49)42(17-57-35)38-25(12-23(14-43)44-42)24-9-7-8-10-27(24)56-38/h7-11,22-23,26,30,35-36,44,48,50H,12-18,43H2,1-6H3/t22?,23-,26-,30-,35+,36?,40?,41?,42+/m0/s1. The molecular weight excluding hydrogens is 753 g/mol. The molecule has 0 saturated carbocycles. The fourth-order valence-corrected chi connectivity index (χ4v) is 13.3. The largest absolute Gasteiger partial charge is 0.508 e. The number of methoxy groups -OCH3 is 1. The molecule has 4 saturated heterocycles. The van der Waals surface area contributed by atoms with Crippen LogP contribution in [0.2, 0.25) is 0 Å². The molecule has 4 fully saturated rings. The Bertz CT molecular complexity index is 2330. The number of hydrogen-bond acceptors (Lipinski definition) is 15. The number of rotatable bonds is 3. The number of furan rings is 1. The molecule has 1 spiro atoms. The first-order valence-electron chi connectivity index (χ1n) is 19.6. The van der Waals surface area contributed by atoms with Crippen LogP contribution in [0.4, 0.5) is 0 Å². The quantitative estimate of drug-likeness (QED) is 0.219. The smallest absolute Gasteiger partial charge is 0.335 e. The van der Waals surface area contributed by atoms with Crippen LogP contribution in [0.25, 0.3) is 11.0 Å². The Morgan fingerprint density at radius 2 is 1.93 bits per heavy atom. The van der Waals surface area contributed by atoms with E-state index in [4.69, 9.17) is 33.8 Å². The lowest BCUT2D eigenvalue weighted by Gasteiger charge is -2.62. The molecule has 12 rings (SSSR count). The summed E-state index contributed by atoms with van der Waals surface area (Å²) in [6.45, 7) is 7.45. The zero-order chi connectivity index (χ0) is 39.9. The predicted octanol–water partition coefficient (Wildman–Crippen LogP) is 4.22. The van der Waals surface area contributed by atoms with Crippen LogP contribution in [-0.2, 0) is 31.0 Å². The first-order chi connectivity index (χ1) is 27.3. The number of nitrogens with one attached hydrogen (secondary N) is 1. The van der Waals surface area contributed by atoms with E-state index in [0.29, 0.717) is 57.5 Å². The molecule has 57 heavy (non-hydrogen) atoms. The Labute approximate surface area is 334 Å². The molecule has 15 heteroatoms. The van der Waals surface area contributed by atoms with Crippen LogP contribution >= 0.6 is 11.8 Å². The number of allylic oxidation sites excluding steroid dienone is 2. The Morgan fingerprint density at radius 1 is 1.16 bits per heavy atom. The van der Waals surface area contributed by atoms with Crippen LogP contribution in [0.15, 0.2) is 51.9 Å². The maximum atomic E-state index is 15.0. The molecule has 9 heterocycles. The molecule has 2 aromatic carbocycles. The minimum absolute atomic E-state index is 0.0550. The minimum Gasteiger partial charge on any atom is -0.508 e. The van der Waals surface area contributed by atoms with E-state index in [1.807, 2.05) is 45.2 Å². The molecule has 1 aliphatic carbocycles. The summed E-state index contributed by atoms with van der Waals surface area (Å²) in [7, 11) is 3.54. The highest BCUT2D eigenvalue weighted by molar-refractivity contribution is 7.99. The van der Waals surface area contributed by atoms with Crippen molar-refractivity contribution in [2.24, 2.45) is 17.1 Å². The van der Waals surface area contributed by atoms with E-state index < -0.39 is 52.0 Å². The van der Waals surface area contributed by atoms with Gasteiger partial charge in [-0.15, -0.1) is 11.8 Å². The first-order valence-corrected chi connectivity index (χ1v) is 20.6. The van der Waals surface area contributed by atoms with Crippen LogP contribution < -0.4 is 25.3 Å². The summed E-state index contributed by atoms with van der Waals surface area (Å²) < 4.78 is 37.6. The normalized spacial score (nSPS) is 36.5. The molecule has 5 N–H and O–H groups in total. The van der Waals surface area contributed by atoms with Crippen molar-refractivity contribution in [3.8, 4) is 17.2 Å². The van der Waals surface area contributed by atoms with Crippen LogP contribution in [0, 0.1) is 18.3 Å². The highest BCUT2D eigenvalue weighted by atomic mass is 32.2. The second-order valence-electron chi connectivity index (χ2n) is 16.9. The van der Waals surface area contributed by atoms with Crippen molar-refractivity contribution in [1.29, 1.82) is 0 Å². The topological polar surface area (TPSA) is 178 Å². The average molecular weight is 801 g/mol. The Morgan fingerprint density at radius 3 is 2.68 bits per heavy atom. The summed E-state index contributed by atoms with van der Waals surface area (Å²) in [6.07, 6.45) is 2.94. The van der Waals surface area contributed by atoms with E-state index in [9.17, 15) is 15.0 Å². The van der Waals surface area contributed by atoms with Crippen molar-refractivity contribution < 1.29 is 47.9 Å². The van der Waals surface area contributed by atoms with Crippen molar-refractivity contribution in [2.75, 3.05) is 46.4 Å². The lowest BCUT2D eigenvalue weighted by atomic mass is 9.63. The molecular formula is C42H48N4O10S. The maximum Gasteiger partial charge on any atom is 0.335 e. The van der Waals surface area contributed by atoms with Crippen molar-refractivity contribution in [1.82, 2.24) is 15.1 Å². The SMILES string of the molecule is COC1=C(O)C2(C)C(C=C1C)CC1(O)CN(C)C2[C@@H]2[C@@H]3SC[C@]4(N[C@H](CN)Cc5c4oc4ccccc54)C(=O)OC[C@@H](c4c5c(c(C)c(OC(C)=O)c43)OCO5)N21. The molecule has 9 aliphatic rings. The number of carbonyl (C=O) groups excluding carboxylic acids is 2. The third-order valence-electron chi connectivity index (χ3n) is 13.8. The average Bonchev–Trinajstić information content (AvgIpc) is 3.79. The number of fused-ring (bicyclic) bond motifs is 8. The van der Waals surface area contributed by atoms with Gasteiger partial charge in [0.15, 0.2) is 22.8 Å². The molecule has 10 atom stereocenters. The van der Waals surface area contributed by atoms with Crippen LogP contribution in [0.3, 0.4) is 0 Å². The summed E-state index contributed by atoms with van der Waals surface area (Å²) >= 11 is 1.50. The van der Waals surface area contributed by atoms with Crippen molar-refractivity contribution >= 4 is 34.7 Å². The van der Waals surface area contributed by atoms with E-state index in [1.54, 1.807) is 7.11 Å². The number of likely N-dealkylation sites (N-methyl/N-ethyl adjacent to an activating group) is 1.